The number of nitrogens with one attached hydrogen (secondary N) is 1. The molecule has 0 atom stereocenters. The fourth-order valence-electron chi connectivity index (χ4n) is 3.30. The van der Waals surface area contributed by atoms with Crippen LogP contribution in [-0.2, 0) is 6.42 Å². The smallest absolute Gasteiger partial charge is 0.269 e. The van der Waals surface area contributed by atoms with Crippen LogP contribution in [0.25, 0.3) is 10.9 Å². The zero-order chi connectivity index (χ0) is 22.3. The normalized spacial score (nSPS) is 10.8. The van der Waals surface area contributed by atoms with Gasteiger partial charge in [-0.05, 0) is 73.1 Å². The number of nitrogens with zero attached hydrogens (tertiary/aromatic N) is 1. The zero-order valence-corrected chi connectivity index (χ0v) is 17.3. The molecule has 4 aromatic rings. The zero-order valence-electron chi connectivity index (χ0n) is 17.3. The Morgan fingerprint density at radius 3 is 2.09 bits per heavy atom. The summed E-state index contributed by atoms with van der Waals surface area (Å²) in [6.45, 7) is 1.40. The summed E-state index contributed by atoms with van der Waals surface area (Å²) in [6.07, 6.45) is 2.80. The maximum atomic E-state index is 10.7. The van der Waals surface area contributed by atoms with E-state index in [1.54, 1.807) is 36.4 Å². The van der Waals surface area contributed by atoms with E-state index in [0.717, 1.165) is 23.1 Å². The summed E-state index contributed by atoms with van der Waals surface area (Å²) >= 11 is 0. The fraction of sp³-hybridized carbons (Fsp3) is 0.167. The van der Waals surface area contributed by atoms with Crippen molar-refractivity contribution in [3.8, 4) is 23.0 Å². The van der Waals surface area contributed by atoms with E-state index in [4.69, 9.17) is 19.9 Å². The fourth-order valence-corrected chi connectivity index (χ4v) is 3.30. The first-order valence-corrected chi connectivity index (χ1v) is 10.2. The molecular formula is C24H23N3O5. The molecule has 0 aliphatic heterocycles. The second-order valence-electron chi connectivity index (χ2n) is 7.08. The SMILES string of the molecule is NCCc1c[nH]c2ccc(OCCOc3ccc(Oc4ccc([N+](=O)[O-])cc4)cc3)cc12. The van der Waals surface area contributed by atoms with Gasteiger partial charge >= 0.3 is 0 Å². The van der Waals surface area contributed by atoms with Gasteiger partial charge in [0.15, 0.2) is 0 Å². The minimum atomic E-state index is -0.447. The van der Waals surface area contributed by atoms with Gasteiger partial charge in [0.1, 0.15) is 36.2 Å². The quantitative estimate of drug-likeness (QED) is 0.210. The minimum Gasteiger partial charge on any atom is -0.490 e. The highest BCUT2D eigenvalue weighted by Gasteiger charge is 2.06. The van der Waals surface area contributed by atoms with E-state index in [1.165, 1.54) is 17.7 Å². The van der Waals surface area contributed by atoms with Gasteiger partial charge in [-0.25, -0.2) is 0 Å². The molecule has 0 radical (unpaired) electrons. The van der Waals surface area contributed by atoms with Crippen molar-refractivity contribution < 1.29 is 19.1 Å². The van der Waals surface area contributed by atoms with Crippen molar-refractivity contribution in [1.82, 2.24) is 4.98 Å². The highest BCUT2D eigenvalue weighted by molar-refractivity contribution is 5.84. The van der Waals surface area contributed by atoms with E-state index >= 15 is 0 Å². The van der Waals surface area contributed by atoms with E-state index < -0.39 is 4.92 Å². The second-order valence-corrected chi connectivity index (χ2v) is 7.08. The monoisotopic (exact) mass is 433 g/mol. The number of fused-ring (bicyclic) bond motifs is 1. The van der Waals surface area contributed by atoms with Gasteiger partial charge in [-0.3, -0.25) is 10.1 Å². The number of nitro benzene ring substituents is 1. The van der Waals surface area contributed by atoms with Crippen LogP contribution in [0, 0.1) is 10.1 Å². The summed E-state index contributed by atoms with van der Waals surface area (Å²) in [5.41, 5.74) is 7.94. The Morgan fingerprint density at radius 2 is 1.44 bits per heavy atom. The number of nitrogens with two attached hydrogens (primary N) is 1. The highest BCUT2D eigenvalue weighted by Crippen LogP contribution is 2.26. The average Bonchev–Trinajstić information content (AvgIpc) is 3.20. The molecule has 0 amide bonds. The van der Waals surface area contributed by atoms with E-state index in [0.29, 0.717) is 37.0 Å². The van der Waals surface area contributed by atoms with Crippen LogP contribution in [0.4, 0.5) is 5.69 Å². The molecule has 164 valence electrons. The molecule has 0 bridgehead atoms. The van der Waals surface area contributed by atoms with Gasteiger partial charge < -0.3 is 24.9 Å². The van der Waals surface area contributed by atoms with E-state index in [9.17, 15) is 10.1 Å². The standard InChI is InChI=1S/C24H23N3O5/c25-12-11-17-16-26-24-10-9-22(15-23(17)24)31-14-13-30-19-5-7-21(8-6-19)32-20-3-1-18(2-4-20)27(28)29/h1-10,15-16,26H,11-14,25H2. The maximum Gasteiger partial charge on any atom is 0.269 e. The maximum absolute atomic E-state index is 10.7. The number of benzene rings is 3. The van der Waals surface area contributed by atoms with Gasteiger partial charge in [0.2, 0.25) is 0 Å². The molecule has 0 spiro atoms. The van der Waals surface area contributed by atoms with Gasteiger partial charge in [0.05, 0.1) is 4.92 Å². The van der Waals surface area contributed by atoms with Crippen LogP contribution in [0.2, 0.25) is 0 Å². The number of aromatic nitrogens is 1. The third-order valence-corrected chi connectivity index (χ3v) is 4.88. The molecule has 4 rings (SSSR count). The Bertz CT molecular complexity index is 1190. The van der Waals surface area contributed by atoms with Crippen LogP contribution in [0.15, 0.2) is 72.9 Å². The number of H-pyrrole nitrogens is 1. The van der Waals surface area contributed by atoms with E-state index in [2.05, 4.69) is 4.98 Å². The predicted molar refractivity (Wildman–Crippen MR) is 122 cm³/mol. The summed E-state index contributed by atoms with van der Waals surface area (Å²) in [7, 11) is 0. The molecule has 3 aromatic carbocycles. The molecule has 0 fully saturated rings. The molecule has 32 heavy (non-hydrogen) atoms. The first kappa shape index (κ1) is 21.2. The highest BCUT2D eigenvalue weighted by atomic mass is 16.6. The minimum absolute atomic E-state index is 0.0207. The number of ether oxygens (including phenoxy) is 3. The lowest BCUT2D eigenvalue weighted by Crippen LogP contribution is -2.09. The van der Waals surface area contributed by atoms with Crippen molar-refractivity contribution in [2.75, 3.05) is 19.8 Å². The number of non-ortho nitro benzene ring substituents is 1. The first-order valence-electron chi connectivity index (χ1n) is 10.2. The molecule has 1 heterocycles. The van der Waals surface area contributed by atoms with Gasteiger partial charge in [-0.2, -0.15) is 0 Å². The molecule has 0 saturated carbocycles. The topological polar surface area (TPSA) is 113 Å². The van der Waals surface area contributed by atoms with E-state index in [-0.39, 0.29) is 5.69 Å². The number of hydrogen-bond donors (Lipinski definition) is 2. The van der Waals surface area contributed by atoms with Crippen molar-refractivity contribution in [2.45, 2.75) is 6.42 Å². The van der Waals surface area contributed by atoms with Crippen molar-refractivity contribution in [3.63, 3.8) is 0 Å². The van der Waals surface area contributed by atoms with Gasteiger partial charge in [0, 0.05) is 29.2 Å². The van der Waals surface area contributed by atoms with Crippen LogP contribution in [0.3, 0.4) is 0 Å². The molecule has 0 saturated heterocycles. The largest absolute Gasteiger partial charge is 0.490 e. The van der Waals surface area contributed by atoms with Crippen molar-refractivity contribution in [1.29, 1.82) is 0 Å². The van der Waals surface area contributed by atoms with Gasteiger partial charge in [-0.1, -0.05) is 0 Å². The summed E-state index contributed by atoms with van der Waals surface area (Å²) in [5, 5.41) is 11.8. The Balaban J connectivity index is 1.26. The molecule has 8 nitrogen and oxygen atoms in total. The van der Waals surface area contributed by atoms with Crippen molar-refractivity contribution in [2.24, 2.45) is 5.73 Å². The summed E-state index contributed by atoms with van der Waals surface area (Å²) in [6, 6.07) is 19.0. The molecule has 0 aliphatic rings. The van der Waals surface area contributed by atoms with Crippen LogP contribution in [-0.4, -0.2) is 29.7 Å². The Labute approximate surface area is 184 Å². The second kappa shape index (κ2) is 9.84. The van der Waals surface area contributed by atoms with Crippen LogP contribution in [0.1, 0.15) is 5.56 Å². The predicted octanol–water partition coefficient (Wildman–Crippen LogP) is 4.83. The third kappa shape index (κ3) is 5.16. The van der Waals surface area contributed by atoms with Crippen molar-refractivity contribution in [3.05, 3.63) is 88.6 Å². The lowest BCUT2D eigenvalue weighted by Gasteiger charge is -2.10. The summed E-state index contributed by atoms with van der Waals surface area (Å²) in [4.78, 5) is 13.5. The summed E-state index contributed by atoms with van der Waals surface area (Å²) < 4.78 is 17.3. The molecule has 1 aromatic heterocycles. The first-order chi connectivity index (χ1) is 15.6. The van der Waals surface area contributed by atoms with Gasteiger partial charge in [0.25, 0.3) is 5.69 Å². The Morgan fingerprint density at radius 1 is 0.844 bits per heavy atom. The Hall–Kier alpha value is -4.04. The lowest BCUT2D eigenvalue weighted by molar-refractivity contribution is -0.384. The lowest BCUT2D eigenvalue weighted by atomic mass is 10.1. The van der Waals surface area contributed by atoms with Crippen LogP contribution >= 0.6 is 0 Å². The van der Waals surface area contributed by atoms with E-state index in [1.807, 2.05) is 24.4 Å². The molecule has 8 heteroatoms. The molecular weight excluding hydrogens is 410 g/mol. The number of hydrogen-bond acceptors (Lipinski definition) is 6. The van der Waals surface area contributed by atoms with Gasteiger partial charge in [-0.15, -0.1) is 0 Å². The van der Waals surface area contributed by atoms with Crippen molar-refractivity contribution >= 4 is 16.6 Å². The number of aromatic amines is 1. The Kier molecular flexibility index (Phi) is 6.52. The molecule has 3 N–H and O–H groups in total. The van der Waals surface area contributed by atoms with Crippen LogP contribution in [0.5, 0.6) is 23.0 Å². The number of nitro groups is 1. The van der Waals surface area contributed by atoms with Crippen LogP contribution < -0.4 is 19.9 Å². The number of rotatable bonds is 10. The average molecular weight is 433 g/mol. The third-order valence-electron chi connectivity index (χ3n) is 4.88. The molecule has 0 unspecified atom stereocenters. The summed E-state index contributed by atoms with van der Waals surface area (Å²) in [5.74, 6) is 2.60. The molecule has 0 aliphatic carbocycles.